The van der Waals surface area contributed by atoms with E-state index in [1.807, 2.05) is 41.1 Å². The van der Waals surface area contributed by atoms with Crippen LogP contribution in [0.1, 0.15) is 32.1 Å². The quantitative estimate of drug-likeness (QED) is 0.400. The van der Waals surface area contributed by atoms with Crippen molar-refractivity contribution in [3.8, 4) is 22.0 Å². The van der Waals surface area contributed by atoms with E-state index in [9.17, 15) is 0 Å². The molecule has 1 heterocycles. The van der Waals surface area contributed by atoms with Crippen molar-refractivity contribution in [3.05, 3.63) is 57.8 Å². The van der Waals surface area contributed by atoms with Gasteiger partial charge in [-0.05, 0) is 104 Å². The van der Waals surface area contributed by atoms with Gasteiger partial charge in [-0.1, -0.05) is 27.3 Å². The van der Waals surface area contributed by atoms with Crippen LogP contribution in [0.25, 0.3) is 16.3 Å². The zero-order chi connectivity index (χ0) is 21.7. The topological polar surface area (TPSA) is 51.8 Å². The smallest absolute Gasteiger partial charge is 0.233 e. The first-order valence-electron chi connectivity index (χ1n) is 11.3. The lowest BCUT2D eigenvalue weighted by atomic mass is 9.55. The molecule has 3 aromatic rings. The number of nitrogens with zero attached hydrogens (tertiary/aromatic N) is 4. The van der Waals surface area contributed by atoms with E-state index in [-0.39, 0.29) is 0 Å². The molecule has 0 spiro atoms. The fourth-order valence-electron chi connectivity index (χ4n) is 5.88. The van der Waals surface area contributed by atoms with Crippen LogP contribution < -0.4 is 9.54 Å². The highest BCUT2D eigenvalue weighted by Crippen LogP contribution is 2.52. The number of halogens is 1. The van der Waals surface area contributed by atoms with Crippen molar-refractivity contribution in [1.29, 1.82) is 0 Å². The summed E-state index contributed by atoms with van der Waals surface area (Å²) in [4.78, 5) is 0.805. The van der Waals surface area contributed by atoms with Gasteiger partial charge in [-0.15, -0.1) is 5.10 Å². The Morgan fingerprint density at radius 2 is 1.56 bits per heavy atom. The molecule has 4 aliphatic rings. The SMILES string of the molecule is COc1ccc(-c2nn(-c3ccc(Br)cc3)/c(=N/N=C3C4CC5CC(C4)CC3C5)s2)cc1. The molecule has 0 unspecified atom stereocenters. The van der Waals surface area contributed by atoms with E-state index < -0.39 is 0 Å². The molecule has 4 bridgehead atoms. The molecule has 0 N–H and O–H groups in total. The number of ether oxygens (including phenoxy) is 1. The van der Waals surface area contributed by atoms with Crippen molar-refractivity contribution in [2.45, 2.75) is 32.1 Å². The Balaban J connectivity index is 1.42. The Bertz CT molecular complexity index is 1200. The first kappa shape index (κ1) is 20.4. The second-order valence-electron chi connectivity index (χ2n) is 9.24. The van der Waals surface area contributed by atoms with Gasteiger partial charge in [0.25, 0.3) is 0 Å². The summed E-state index contributed by atoms with van der Waals surface area (Å²) in [7, 11) is 1.68. The van der Waals surface area contributed by atoms with Gasteiger partial charge < -0.3 is 4.74 Å². The molecule has 0 saturated heterocycles. The molecule has 4 saturated carbocycles. The monoisotopic (exact) mass is 508 g/mol. The Hall–Kier alpha value is -2.25. The van der Waals surface area contributed by atoms with Gasteiger partial charge in [0.2, 0.25) is 4.80 Å². The third kappa shape index (κ3) is 3.75. The van der Waals surface area contributed by atoms with E-state index in [1.54, 1.807) is 18.4 Å². The highest BCUT2D eigenvalue weighted by molar-refractivity contribution is 9.10. The molecule has 164 valence electrons. The van der Waals surface area contributed by atoms with E-state index in [0.29, 0.717) is 11.8 Å². The maximum absolute atomic E-state index is 5.30. The summed E-state index contributed by atoms with van der Waals surface area (Å²) in [5.41, 5.74) is 3.37. The average molecular weight is 509 g/mol. The largest absolute Gasteiger partial charge is 0.497 e. The lowest BCUT2D eigenvalue weighted by molar-refractivity contribution is 0.108. The summed E-state index contributed by atoms with van der Waals surface area (Å²) in [5, 5.41) is 15.5. The van der Waals surface area contributed by atoms with Crippen molar-refractivity contribution >= 4 is 33.0 Å². The molecule has 5 nitrogen and oxygen atoms in total. The van der Waals surface area contributed by atoms with E-state index in [2.05, 4.69) is 28.1 Å². The Labute approximate surface area is 200 Å². The average Bonchev–Trinajstić information content (AvgIpc) is 3.23. The molecular weight excluding hydrogens is 484 g/mol. The maximum atomic E-state index is 5.30. The van der Waals surface area contributed by atoms with Gasteiger partial charge in [0.15, 0.2) is 0 Å². The van der Waals surface area contributed by atoms with Crippen LogP contribution in [0.3, 0.4) is 0 Å². The van der Waals surface area contributed by atoms with Gasteiger partial charge >= 0.3 is 0 Å². The number of benzene rings is 2. The highest BCUT2D eigenvalue weighted by Gasteiger charge is 2.46. The normalized spacial score (nSPS) is 26.6. The minimum atomic E-state index is 0.644. The number of hydrogen-bond acceptors (Lipinski definition) is 5. The lowest BCUT2D eigenvalue weighted by Crippen LogP contribution is -2.45. The summed E-state index contributed by atoms with van der Waals surface area (Å²) < 4.78 is 8.26. The predicted molar refractivity (Wildman–Crippen MR) is 131 cm³/mol. The zero-order valence-electron chi connectivity index (χ0n) is 17.9. The number of rotatable bonds is 4. The minimum absolute atomic E-state index is 0.644. The molecule has 7 rings (SSSR count). The standard InChI is InChI=1S/C25H25BrN4OS/c1-31-22-8-2-17(3-9-22)24-29-30(21-6-4-20(26)5-7-21)25(32-24)28-27-23-18-11-15-10-16(13-18)14-19(23)12-15/h2-9,15-16,18-19H,10-14H2,1H3/b27-23?,28-25-. The van der Waals surface area contributed by atoms with Gasteiger partial charge in [-0.25, -0.2) is 4.68 Å². The Morgan fingerprint density at radius 3 is 2.19 bits per heavy atom. The second-order valence-corrected chi connectivity index (χ2v) is 11.1. The van der Waals surface area contributed by atoms with E-state index in [1.165, 1.54) is 37.8 Å². The lowest BCUT2D eigenvalue weighted by Gasteiger charge is -2.50. The molecule has 0 aliphatic heterocycles. The van der Waals surface area contributed by atoms with E-state index in [0.717, 1.165) is 43.1 Å². The maximum Gasteiger partial charge on any atom is 0.233 e. The van der Waals surface area contributed by atoms with Gasteiger partial charge in [0.1, 0.15) is 10.8 Å². The predicted octanol–water partition coefficient (Wildman–Crippen LogP) is 6.08. The number of aromatic nitrogens is 2. The van der Waals surface area contributed by atoms with Crippen LogP contribution in [0, 0.1) is 23.7 Å². The highest BCUT2D eigenvalue weighted by atomic mass is 79.9. The van der Waals surface area contributed by atoms with Crippen LogP contribution in [0.15, 0.2) is 63.2 Å². The van der Waals surface area contributed by atoms with Gasteiger partial charge in [-0.2, -0.15) is 10.2 Å². The van der Waals surface area contributed by atoms with Crippen LogP contribution in [-0.2, 0) is 0 Å². The van der Waals surface area contributed by atoms with Crippen molar-refractivity contribution < 1.29 is 4.74 Å². The second kappa shape index (κ2) is 8.27. The zero-order valence-corrected chi connectivity index (χ0v) is 20.3. The first-order valence-corrected chi connectivity index (χ1v) is 12.9. The summed E-state index contributed by atoms with van der Waals surface area (Å²) >= 11 is 5.10. The van der Waals surface area contributed by atoms with Gasteiger partial charge in [-0.3, -0.25) is 0 Å². The third-order valence-electron chi connectivity index (χ3n) is 7.19. The number of hydrogen-bond donors (Lipinski definition) is 0. The fourth-order valence-corrected chi connectivity index (χ4v) is 7.01. The molecule has 7 heteroatoms. The Morgan fingerprint density at radius 1 is 0.906 bits per heavy atom. The van der Waals surface area contributed by atoms with Crippen LogP contribution in [0.4, 0.5) is 0 Å². The van der Waals surface area contributed by atoms with E-state index in [4.69, 9.17) is 20.0 Å². The molecule has 4 aliphatic carbocycles. The van der Waals surface area contributed by atoms with Crippen LogP contribution in [-0.4, -0.2) is 22.6 Å². The summed E-state index contributed by atoms with van der Waals surface area (Å²) in [6.07, 6.45) is 6.70. The van der Waals surface area contributed by atoms with Crippen molar-refractivity contribution in [2.24, 2.45) is 33.9 Å². The van der Waals surface area contributed by atoms with Gasteiger partial charge in [0, 0.05) is 15.7 Å². The molecular formula is C25H25BrN4OS. The molecule has 1 aromatic heterocycles. The third-order valence-corrected chi connectivity index (χ3v) is 8.67. The van der Waals surface area contributed by atoms with Crippen LogP contribution in [0.2, 0.25) is 0 Å². The van der Waals surface area contributed by atoms with E-state index >= 15 is 0 Å². The summed E-state index contributed by atoms with van der Waals surface area (Å²) in [5.74, 6) is 3.97. The van der Waals surface area contributed by atoms with Crippen LogP contribution in [0.5, 0.6) is 5.75 Å². The summed E-state index contributed by atoms with van der Waals surface area (Å²) in [6.45, 7) is 0. The van der Waals surface area contributed by atoms with Crippen molar-refractivity contribution in [1.82, 2.24) is 9.78 Å². The van der Waals surface area contributed by atoms with Crippen LogP contribution >= 0.6 is 27.3 Å². The van der Waals surface area contributed by atoms with Crippen molar-refractivity contribution in [3.63, 3.8) is 0 Å². The molecule has 4 fully saturated rings. The molecule has 0 radical (unpaired) electrons. The molecule has 0 amide bonds. The number of methoxy groups -OCH3 is 1. The first-order chi connectivity index (χ1) is 15.7. The van der Waals surface area contributed by atoms with Crippen molar-refractivity contribution in [2.75, 3.05) is 7.11 Å². The van der Waals surface area contributed by atoms with Gasteiger partial charge in [0.05, 0.1) is 12.8 Å². The Kier molecular flexibility index (Phi) is 5.26. The summed E-state index contributed by atoms with van der Waals surface area (Å²) in [6, 6.07) is 16.2. The fraction of sp³-hybridized carbons (Fsp3) is 0.400. The molecule has 2 aromatic carbocycles. The molecule has 32 heavy (non-hydrogen) atoms. The molecule has 0 atom stereocenters. The minimum Gasteiger partial charge on any atom is -0.497 e.